The molecule has 0 spiro atoms. The van der Waals surface area contributed by atoms with Gasteiger partial charge in [-0.1, -0.05) is 11.2 Å². The van der Waals surface area contributed by atoms with Gasteiger partial charge in [0, 0.05) is 18.0 Å². The van der Waals surface area contributed by atoms with Crippen molar-refractivity contribution in [2.45, 2.75) is 0 Å². The summed E-state index contributed by atoms with van der Waals surface area (Å²) in [5, 5.41) is 10.9. The van der Waals surface area contributed by atoms with Crippen LogP contribution in [-0.2, 0) is 0 Å². The lowest BCUT2D eigenvalue weighted by Crippen LogP contribution is -1.79. The minimum Gasteiger partial charge on any atom is -0.411 e. The van der Waals surface area contributed by atoms with Gasteiger partial charge in [0.25, 0.3) is 0 Å². The molecule has 1 heterocycles. The molecule has 0 fully saturated rings. The Balaban J connectivity index is 2.85. The molecular weight excluding hydrogens is 116 g/mol. The Morgan fingerprint density at radius 2 is 2.56 bits per heavy atom. The van der Waals surface area contributed by atoms with E-state index in [1.807, 2.05) is 0 Å². The molecular formula is C6H6N2O. The van der Waals surface area contributed by atoms with Crippen LogP contribution >= 0.6 is 0 Å². The monoisotopic (exact) mass is 122 g/mol. The molecule has 0 radical (unpaired) electrons. The van der Waals surface area contributed by atoms with Crippen molar-refractivity contribution in [2.75, 3.05) is 0 Å². The van der Waals surface area contributed by atoms with Crippen LogP contribution in [0.1, 0.15) is 5.56 Å². The lowest BCUT2D eigenvalue weighted by molar-refractivity contribution is 0.322. The Morgan fingerprint density at radius 3 is 3.11 bits per heavy atom. The van der Waals surface area contributed by atoms with Gasteiger partial charge in [0.1, 0.15) is 0 Å². The summed E-state index contributed by atoms with van der Waals surface area (Å²) < 4.78 is 0. The molecule has 0 aliphatic heterocycles. The van der Waals surface area contributed by atoms with E-state index >= 15 is 0 Å². The van der Waals surface area contributed by atoms with Crippen LogP contribution in [-0.4, -0.2) is 16.4 Å². The number of hydrogen-bond donors (Lipinski definition) is 1. The number of hydrogen-bond acceptors (Lipinski definition) is 3. The smallest absolute Gasteiger partial charge is 0.0749 e. The molecule has 0 aromatic carbocycles. The molecule has 1 aromatic rings. The van der Waals surface area contributed by atoms with Gasteiger partial charge < -0.3 is 5.21 Å². The highest BCUT2D eigenvalue weighted by atomic mass is 16.4. The van der Waals surface area contributed by atoms with Gasteiger partial charge in [-0.2, -0.15) is 0 Å². The summed E-state index contributed by atoms with van der Waals surface area (Å²) in [7, 11) is 0. The molecule has 0 unspecified atom stereocenters. The van der Waals surface area contributed by atoms with Gasteiger partial charge in [-0.05, 0) is 6.07 Å². The van der Waals surface area contributed by atoms with Crippen LogP contribution in [0.3, 0.4) is 0 Å². The molecule has 0 aliphatic rings. The van der Waals surface area contributed by atoms with Gasteiger partial charge in [-0.3, -0.25) is 4.98 Å². The van der Waals surface area contributed by atoms with Gasteiger partial charge in [-0.25, -0.2) is 0 Å². The maximum absolute atomic E-state index is 8.06. The average Bonchev–Trinajstić information content (AvgIpc) is 1.91. The first-order chi connectivity index (χ1) is 4.43. The topological polar surface area (TPSA) is 45.5 Å². The zero-order valence-electron chi connectivity index (χ0n) is 4.73. The highest BCUT2D eigenvalue weighted by Gasteiger charge is 1.81. The first-order valence-electron chi connectivity index (χ1n) is 2.51. The molecule has 0 atom stereocenters. The SMILES string of the molecule is O/N=C/c1cccnc1. The van der Waals surface area contributed by atoms with E-state index in [9.17, 15) is 0 Å². The Labute approximate surface area is 52.7 Å². The molecule has 1 N–H and O–H groups in total. The van der Waals surface area contributed by atoms with Gasteiger partial charge >= 0.3 is 0 Å². The van der Waals surface area contributed by atoms with Crippen molar-refractivity contribution in [3.8, 4) is 0 Å². The van der Waals surface area contributed by atoms with Crippen molar-refractivity contribution in [3.05, 3.63) is 30.1 Å². The predicted molar refractivity (Wildman–Crippen MR) is 33.6 cm³/mol. The summed E-state index contributed by atoms with van der Waals surface area (Å²) in [6.07, 6.45) is 4.60. The Morgan fingerprint density at radius 1 is 1.67 bits per heavy atom. The van der Waals surface area contributed by atoms with Crippen molar-refractivity contribution < 1.29 is 5.21 Å². The summed E-state index contributed by atoms with van der Waals surface area (Å²) in [5.41, 5.74) is 0.792. The van der Waals surface area contributed by atoms with Gasteiger partial charge in [0.15, 0.2) is 0 Å². The first-order valence-corrected chi connectivity index (χ1v) is 2.51. The zero-order chi connectivity index (χ0) is 6.53. The van der Waals surface area contributed by atoms with Crippen LogP contribution in [0.2, 0.25) is 0 Å². The summed E-state index contributed by atoms with van der Waals surface area (Å²) in [5.74, 6) is 0. The molecule has 1 aromatic heterocycles. The molecule has 0 amide bonds. The van der Waals surface area contributed by atoms with E-state index in [2.05, 4.69) is 10.1 Å². The molecule has 1 rings (SSSR count). The Bertz CT molecular complexity index is 195. The third-order valence-electron chi connectivity index (χ3n) is 0.891. The third-order valence-corrected chi connectivity index (χ3v) is 0.891. The largest absolute Gasteiger partial charge is 0.411 e. The first kappa shape index (κ1) is 5.75. The minimum atomic E-state index is 0.792. The van der Waals surface area contributed by atoms with E-state index in [0.29, 0.717) is 0 Å². The third kappa shape index (κ3) is 1.53. The maximum atomic E-state index is 8.06. The summed E-state index contributed by atoms with van der Waals surface area (Å²) in [6, 6.07) is 3.57. The van der Waals surface area contributed by atoms with Crippen LogP contribution in [0.5, 0.6) is 0 Å². The number of rotatable bonds is 1. The summed E-state index contributed by atoms with van der Waals surface area (Å²) in [4.78, 5) is 3.80. The molecule has 0 bridgehead atoms. The van der Waals surface area contributed by atoms with Crippen molar-refractivity contribution >= 4 is 6.21 Å². The molecule has 0 saturated carbocycles. The molecule has 3 heteroatoms. The highest BCUT2D eigenvalue weighted by Crippen LogP contribution is 1.88. The van der Waals surface area contributed by atoms with E-state index in [-0.39, 0.29) is 0 Å². The van der Waals surface area contributed by atoms with Crippen LogP contribution in [0.25, 0.3) is 0 Å². The predicted octanol–water partition coefficient (Wildman–Crippen LogP) is 0.890. The lowest BCUT2D eigenvalue weighted by Gasteiger charge is -1.84. The van der Waals surface area contributed by atoms with Gasteiger partial charge in [0.05, 0.1) is 6.21 Å². The van der Waals surface area contributed by atoms with Crippen molar-refractivity contribution in [1.82, 2.24) is 4.98 Å². The molecule has 9 heavy (non-hydrogen) atoms. The van der Waals surface area contributed by atoms with Crippen LogP contribution < -0.4 is 0 Å². The van der Waals surface area contributed by atoms with Crippen molar-refractivity contribution in [2.24, 2.45) is 5.16 Å². The number of oxime groups is 1. The van der Waals surface area contributed by atoms with E-state index in [1.165, 1.54) is 6.21 Å². The Kier molecular flexibility index (Phi) is 1.80. The second-order valence-corrected chi connectivity index (χ2v) is 1.53. The fraction of sp³-hybridized carbons (Fsp3) is 0. The molecule has 3 nitrogen and oxygen atoms in total. The van der Waals surface area contributed by atoms with E-state index < -0.39 is 0 Å². The van der Waals surface area contributed by atoms with Crippen LogP contribution in [0.4, 0.5) is 0 Å². The zero-order valence-corrected chi connectivity index (χ0v) is 4.73. The van der Waals surface area contributed by atoms with E-state index in [4.69, 9.17) is 5.21 Å². The summed E-state index contributed by atoms with van der Waals surface area (Å²) in [6.45, 7) is 0. The van der Waals surface area contributed by atoms with E-state index in [1.54, 1.807) is 24.5 Å². The molecule has 0 aliphatic carbocycles. The van der Waals surface area contributed by atoms with Gasteiger partial charge in [0.2, 0.25) is 0 Å². The molecule has 0 saturated heterocycles. The molecule has 46 valence electrons. The lowest BCUT2D eigenvalue weighted by atomic mass is 10.3. The fourth-order valence-corrected chi connectivity index (χ4v) is 0.519. The number of pyridine rings is 1. The van der Waals surface area contributed by atoms with Crippen molar-refractivity contribution in [1.29, 1.82) is 0 Å². The minimum absolute atomic E-state index is 0.792. The van der Waals surface area contributed by atoms with E-state index in [0.717, 1.165) is 5.56 Å². The second kappa shape index (κ2) is 2.81. The second-order valence-electron chi connectivity index (χ2n) is 1.53. The number of nitrogens with zero attached hydrogens (tertiary/aromatic N) is 2. The normalized spacial score (nSPS) is 10.2. The fourth-order valence-electron chi connectivity index (χ4n) is 0.519. The number of aromatic nitrogens is 1. The highest BCUT2D eigenvalue weighted by molar-refractivity contribution is 5.78. The average molecular weight is 122 g/mol. The maximum Gasteiger partial charge on any atom is 0.0749 e. The quantitative estimate of drug-likeness (QED) is 0.341. The van der Waals surface area contributed by atoms with Crippen molar-refractivity contribution in [3.63, 3.8) is 0 Å². The standard InChI is InChI=1S/C6H6N2O/c9-8-5-6-2-1-3-7-4-6/h1-5,9H/b8-5+. The van der Waals surface area contributed by atoms with Gasteiger partial charge in [-0.15, -0.1) is 0 Å². The summed E-state index contributed by atoms with van der Waals surface area (Å²) >= 11 is 0. The van der Waals surface area contributed by atoms with Crippen LogP contribution in [0.15, 0.2) is 29.7 Å². The van der Waals surface area contributed by atoms with Crippen LogP contribution in [0, 0.1) is 0 Å². The Hall–Kier alpha value is -1.38.